The van der Waals surface area contributed by atoms with Crippen LogP contribution in [0.5, 0.6) is 5.75 Å². The number of benzene rings is 1. The second-order valence-electron chi connectivity index (χ2n) is 4.06. The SMILES string of the molecule is Cc1cc(C)c2c(c1)OCC/C2=C\C(=O)O. The summed E-state index contributed by atoms with van der Waals surface area (Å²) in [6.07, 6.45) is 1.94. The van der Waals surface area contributed by atoms with Gasteiger partial charge in [0.05, 0.1) is 6.61 Å². The second kappa shape index (κ2) is 4.00. The zero-order valence-electron chi connectivity index (χ0n) is 9.41. The number of ether oxygens (including phenoxy) is 1. The Hall–Kier alpha value is -1.77. The van der Waals surface area contributed by atoms with Crippen molar-refractivity contribution >= 4 is 11.5 Å². The Labute approximate surface area is 94.4 Å². The van der Waals surface area contributed by atoms with Gasteiger partial charge in [-0.2, -0.15) is 0 Å². The highest BCUT2D eigenvalue weighted by Gasteiger charge is 2.18. The van der Waals surface area contributed by atoms with Crippen LogP contribution in [-0.2, 0) is 4.79 Å². The molecule has 0 atom stereocenters. The molecule has 0 aliphatic carbocycles. The van der Waals surface area contributed by atoms with Crippen LogP contribution in [0.25, 0.3) is 5.57 Å². The third-order valence-electron chi connectivity index (χ3n) is 2.69. The van der Waals surface area contributed by atoms with E-state index in [1.54, 1.807) is 0 Å². The quantitative estimate of drug-likeness (QED) is 0.737. The summed E-state index contributed by atoms with van der Waals surface area (Å²) in [6.45, 7) is 4.54. The highest BCUT2D eigenvalue weighted by molar-refractivity contribution is 5.92. The molecule has 84 valence electrons. The fraction of sp³-hybridized carbons (Fsp3) is 0.308. The maximum Gasteiger partial charge on any atom is 0.328 e. The second-order valence-corrected chi connectivity index (χ2v) is 4.06. The number of fused-ring (bicyclic) bond motifs is 1. The predicted octanol–water partition coefficient (Wildman–Crippen LogP) is 2.55. The first-order valence-corrected chi connectivity index (χ1v) is 5.26. The first kappa shape index (κ1) is 10.7. The van der Waals surface area contributed by atoms with Gasteiger partial charge in [-0.1, -0.05) is 6.07 Å². The minimum Gasteiger partial charge on any atom is -0.493 e. The van der Waals surface area contributed by atoms with E-state index in [4.69, 9.17) is 9.84 Å². The summed E-state index contributed by atoms with van der Waals surface area (Å²) in [5, 5.41) is 8.82. The third kappa shape index (κ3) is 1.94. The van der Waals surface area contributed by atoms with Crippen LogP contribution < -0.4 is 4.74 Å². The van der Waals surface area contributed by atoms with Gasteiger partial charge in [0.15, 0.2) is 0 Å². The Bertz CT molecular complexity index is 472. The van der Waals surface area contributed by atoms with Crippen molar-refractivity contribution in [2.45, 2.75) is 20.3 Å². The average Bonchev–Trinajstić information content (AvgIpc) is 2.15. The highest BCUT2D eigenvalue weighted by atomic mass is 16.5. The van der Waals surface area contributed by atoms with Gasteiger partial charge in [-0.3, -0.25) is 0 Å². The van der Waals surface area contributed by atoms with Crippen molar-refractivity contribution in [2.75, 3.05) is 6.61 Å². The van der Waals surface area contributed by atoms with Gasteiger partial charge in [-0.05, 0) is 36.6 Å². The van der Waals surface area contributed by atoms with Crippen molar-refractivity contribution in [3.05, 3.63) is 34.9 Å². The Balaban J connectivity index is 2.58. The van der Waals surface area contributed by atoms with Crippen LogP contribution in [0.3, 0.4) is 0 Å². The number of carbonyl (C=O) groups is 1. The van der Waals surface area contributed by atoms with Crippen molar-refractivity contribution in [3.8, 4) is 5.75 Å². The third-order valence-corrected chi connectivity index (χ3v) is 2.69. The standard InChI is InChI=1S/C13H14O3/c1-8-5-9(2)13-10(7-12(14)15)3-4-16-11(13)6-8/h5-7H,3-4H2,1-2H3,(H,14,15)/b10-7+. The van der Waals surface area contributed by atoms with Gasteiger partial charge in [0.1, 0.15) is 5.75 Å². The number of aliphatic carboxylic acids is 1. The summed E-state index contributed by atoms with van der Waals surface area (Å²) in [4.78, 5) is 10.7. The Morgan fingerprint density at radius 1 is 1.44 bits per heavy atom. The van der Waals surface area contributed by atoms with E-state index in [9.17, 15) is 4.79 Å². The number of hydrogen-bond acceptors (Lipinski definition) is 2. The average molecular weight is 218 g/mol. The van der Waals surface area contributed by atoms with Crippen molar-refractivity contribution in [3.63, 3.8) is 0 Å². The summed E-state index contributed by atoms with van der Waals surface area (Å²) in [7, 11) is 0. The molecular formula is C13H14O3. The zero-order valence-corrected chi connectivity index (χ0v) is 9.41. The maximum atomic E-state index is 10.7. The summed E-state index contributed by atoms with van der Waals surface area (Å²) < 4.78 is 5.56. The number of hydrogen-bond donors (Lipinski definition) is 1. The predicted molar refractivity (Wildman–Crippen MR) is 61.6 cm³/mol. The lowest BCUT2D eigenvalue weighted by atomic mass is 9.93. The molecule has 0 fully saturated rings. The molecule has 0 unspecified atom stereocenters. The molecule has 0 radical (unpaired) electrons. The van der Waals surface area contributed by atoms with E-state index in [0.29, 0.717) is 13.0 Å². The first-order chi connectivity index (χ1) is 7.58. The normalized spacial score (nSPS) is 16.8. The van der Waals surface area contributed by atoms with E-state index in [1.807, 2.05) is 26.0 Å². The number of aryl methyl sites for hydroxylation is 2. The first-order valence-electron chi connectivity index (χ1n) is 5.26. The molecule has 0 saturated heterocycles. The molecule has 1 N–H and O–H groups in total. The molecule has 3 heteroatoms. The van der Waals surface area contributed by atoms with Crippen LogP contribution in [0.1, 0.15) is 23.1 Å². The van der Waals surface area contributed by atoms with E-state index < -0.39 is 5.97 Å². The molecule has 3 nitrogen and oxygen atoms in total. The minimum absolute atomic E-state index is 0.551. The largest absolute Gasteiger partial charge is 0.493 e. The van der Waals surface area contributed by atoms with Gasteiger partial charge in [-0.15, -0.1) is 0 Å². The molecule has 1 aromatic carbocycles. The molecule has 1 aliphatic heterocycles. The molecular weight excluding hydrogens is 204 g/mol. The topological polar surface area (TPSA) is 46.5 Å². The number of rotatable bonds is 1. The number of carboxylic acid groups (broad SMARTS) is 1. The van der Waals surface area contributed by atoms with Gasteiger partial charge in [0.25, 0.3) is 0 Å². The molecule has 1 aliphatic rings. The van der Waals surface area contributed by atoms with Crippen molar-refractivity contribution < 1.29 is 14.6 Å². The monoisotopic (exact) mass is 218 g/mol. The van der Waals surface area contributed by atoms with E-state index >= 15 is 0 Å². The van der Waals surface area contributed by atoms with E-state index in [0.717, 1.165) is 28.0 Å². The zero-order chi connectivity index (χ0) is 11.7. The molecule has 0 saturated carbocycles. The molecule has 0 bridgehead atoms. The van der Waals surface area contributed by atoms with Crippen LogP contribution >= 0.6 is 0 Å². The minimum atomic E-state index is -0.900. The van der Waals surface area contributed by atoms with E-state index in [1.165, 1.54) is 6.08 Å². The molecule has 0 amide bonds. The summed E-state index contributed by atoms with van der Waals surface area (Å²) >= 11 is 0. The Kier molecular flexibility index (Phi) is 2.69. The molecule has 16 heavy (non-hydrogen) atoms. The molecule has 0 aromatic heterocycles. The van der Waals surface area contributed by atoms with Crippen LogP contribution in [0.2, 0.25) is 0 Å². The molecule has 2 rings (SSSR count). The molecule has 1 aromatic rings. The van der Waals surface area contributed by atoms with Gasteiger partial charge < -0.3 is 9.84 Å². The highest BCUT2D eigenvalue weighted by Crippen LogP contribution is 2.36. The van der Waals surface area contributed by atoms with Crippen molar-refractivity contribution in [1.29, 1.82) is 0 Å². The fourth-order valence-corrected chi connectivity index (χ4v) is 2.14. The Morgan fingerprint density at radius 3 is 2.88 bits per heavy atom. The molecule has 1 heterocycles. The Morgan fingerprint density at radius 2 is 2.19 bits per heavy atom. The van der Waals surface area contributed by atoms with Crippen molar-refractivity contribution in [2.24, 2.45) is 0 Å². The van der Waals surface area contributed by atoms with Crippen LogP contribution in [0.15, 0.2) is 18.2 Å². The van der Waals surface area contributed by atoms with Crippen LogP contribution in [-0.4, -0.2) is 17.7 Å². The van der Waals surface area contributed by atoms with Crippen molar-refractivity contribution in [1.82, 2.24) is 0 Å². The molecule has 0 spiro atoms. The summed E-state index contributed by atoms with van der Waals surface area (Å²) in [6, 6.07) is 4.00. The lowest BCUT2D eigenvalue weighted by molar-refractivity contribution is -0.131. The van der Waals surface area contributed by atoms with Gasteiger partial charge in [0, 0.05) is 18.1 Å². The van der Waals surface area contributed by atoms with E-state index in [2.05, 4.69) is 0 Å². The summed E-state index contributed by atoms with van der Waals surface area (Å²) in [5.41, 5.74) is 4.00. The smallest absolute Gasteiger partial charge is 0.328 e. The maximum absolute atomic E-state index is 10.7. The summed E-state index contributed by atoms with van der Waals surface area (Å²) in [5.74, 6) is -0.0981. The van der Waals surface area contributed by atoms with Crippen LogP contribution in [0, 0.1) is 13.8 Å². The number of carboxylic acids is 1. The van der Waals surface area contributed by atoms with E-state index in [-0.39, 0.29) is 0 Å². The van der Waals surface area contributed by atoms with Crippen LogP contribution in [0.4, 0.5) is 0 Å². The van der Waals surface area contributed by atoms with Gasteiger partial charge in [-0.25, -0.2) is 4.79 Å². The lowest BCUT2D eigenvalue weighted by Gasteiger charge is -2.22. The lowest BCUT2D eigenvalue weighted by Crippen LogP contribution is -2.10. The van der Waals surface area contributed by atoms with Gasteiger partial charge >= 0.3 is 5.97 Å². The van der Waals surface area contributed by atoms with Gasteiger partial charge in [0.2, 0.25) is 0 Å². The fourth-order valence-electron chi connectivity index (χ4n) is 2.14.